The maximum Gasteiger partial charge on any atom is 0.244 e. The molecule has 0 spiro atoms. The first-order valence-electron chi connectivity index (χ1n) is 6.58. The molecule has 0 aromatic heterocycles. The average molecular weight is 301 g/mol. The van der Waals surface area contributed by atoms with Crippen LogP contribution in [0.15, 0.2) is 29.2 Å². The molecule has 2 atom stereocenters. The number of halogens is 1. The van der Waals surface area contributed by atoms with Crippen molar-refractivity contribution in [3.05, 3.63) is 29.3 Å². The van der Waals surface area contributed by atoms with E-state index in [0.717, 1.165) is 25.9 Å². The van der Waals surface area contributed by atoms with Gasteiger partial charge in [-0.05, 0) is 37.4 Å². The van der Waals surface area contributed by atoms with E-state index in [1.807, 2.05) is 0 Å². The lowest BCUT2D eigenvalue weighted by Crippen LogP contribution is -2.48. The Morgan fingerprint density at radius 2 is 2.05 bits per heavy atom. The predicted octanol–water partition coefficient (Wildman–Crippen LogP) is 1.71. The maximum atomic E-state index is 12.8. The van der Waals surface area contributed by atoms with Crippen LogP contribution in [0.4, 0.5) is 0 Å². The van der Waals surface area contributed by atoms with Crippen molar-refractivity contribution in [2.75, 3.05) is 19.6 Å². The summed E-state index contributed by atoms with van der Waals surface area (Å²) in [5.41, 5.74) is 0. The average Bonchev–Trinajstić information content (AvgIpc) is 2.86. The molecule has 4 nitrogen and oxygen atoms in total. The molecule has 2 saturated heterocycles. The van der Waals surface area contributed by atoms with Gasteiger partial charge in [0.15, 0.2) is 0 Å². The summed E-state index contributed by atoms with van der Waals surface area (Å²) in [7, 11) is -3.49. The second-order valence-corrected chi connectivity index (χ2v) is 7.44. The van der Waals surface area contributed by atoms with Gasteiger partial charge in [-0.2, -0.15) is 4.31 Å². The molecule has 1 N–H and O–H groups in total. The minimum absolute atomic E-state index is 0.0787. The molecule has 1 aromatic carbocycles. The van der Waals surface area contributed by atoms with Crippen LogP contribution in [0.1, 0.15) is 12.8 Å². The molecule has 3 rings (SSSR count). The normalized spacial score (nSPS) is 28.3. The summed E-state index contributed by atoms with van der Waals surface area (Å²) in [6, 6.07) is 6.76. The van der Waals surface area contributed by atoms with Gasteiger partial charge in [0.2, 0.25) is 10.0 Å². The van der Waals surface area contributed by atoms with Crippen LogP contribution in [0.25, 0.3) is 0 Å². The van der Waals surface area contributed by atoms with E-state index in [1.54, 1.807) is 28.6 Å². The third-order valence-corrected chi connectivity index (χ3v) is 6.48. The number of hydrogen-bond acceptors (Lipinski definition) is 3. The van der Waals surface area contributed by atoms with Crippen molar-refractivity contribution in [1.29, 1.82) is 0 Å². The zero-order valence-corrected chi connectivity index (χ0v) is 12.1. The lowest BCUT2D eigenvalue weighted by molar-refractivity contribution is 0.217. The van der Waals surface area contributed by atoms with Gasteiger partial charge in [0, 0.05) is 19.1 Å². The second kappa shape index (κ2) is 5.05. The number of hydrogen-bond donors (Lipinski definition) is 1. The Hall–Kier alpha value is -0.620. The van der Waals surface area contributed by atoms with Crippen molar-refractivity contribution in [1.82, 2.24) is 9.62 Å². The number of nitrogens with zero attached hydrogens (tertiary/aromatic N) is 1. The van der Waals surface area contributed by atoms with Gasteiger partial charge in [-0.25, -0.2) is 8.42 Å². The zero-order valence-electron chi connectivity index (χ0n) is 10.5. The molecule has 19 heavy (non-hydrogen) atoms. The van der Waals surface area contributed by atoms with E-state index >= 15 is 0 Å². The van der Waals surface area contributed by atoms with Crippen LogP contribution in [0.3, 0.4) is 0 Å². The summed E-state index contributed by atoms with van der Waals surface area (Å²) in [4.78, 5) is 0.226. The number of sulfonamides is 1. The van der Waals surface area contributed by atoms with Crippen LogP contribution < -0.4 is 5.32 Å². The number of fused-ring (bicyclic) bond motifs is 1. The molecule has 0 bridgehead atoms. The lowest BCUT2D eigenvalue weighted by Gasteiger charge is -2.36. The van der Waals surface area contributed by atoms with Gasteiger partial charge in [-0.15, -0.1) is 0 Å². The van der Waals surface area contributed by atoms with Gasteiger partial charge in [-0.3, -0.25) is 0 Å². The Morgan fingerprint density at radius 3 is 2.84 bits per heavy atom. The molecule has 2 heterocycles. The van der Waals surface area contributed by atoms with Gasteiger partial charge in [0.05, 0.1) is 5.02 Å². The molecule has 2 fully saturated rings. The topological polar surface area (TPSA) is 49.4 Å². The Kier molecular flexibility index (Phi) is 3.55. The fourth-order valence-electron chi connectivity index (χ4n) is 3.10. The monoisotopic (exact) mass is 300 g/mol. The quantitative estimate of drug-likeness (QED) is 0.904. The van der Waals surface area contributed by atoms with E-state index in [2.05, 4.69) is 5.32 Å². The van der Waals surface area contributed by atoms with E-state index in [9.17, 15) is 8.42 Å². The fraction of sp³-hybridized carbons (Fsp3) is 0.538. The largest absolute Gasteiger partial charge is 0.315 e. The molecule has 0 radical (unpaired) electrons. The molecular formula is C13H17ClN2O2S. The van der Waals surface area contributed by atoms with Crippen LogP contribution in [-0.2, 0) is 10.0 Å². The maximum absolute atomic E-state index is 12.8. The highest BCUT2D eigenvalue weighted by Crippen LogP contribution is 2.33. The number of piperidine rings is 1. The molecule has 2 aliphatic rings. The summed E-state index contributed by atoms with van der Waals surface area (Å²) >= 11 is 6.05. The summed E-state index contributed by atoms with van der Waals surface area (Å²) < 4.78 is 27.2. The molecule has 6 heteroatoms. The van der Waals surface area contributed by atoms with E-state index in [1.165, 1.54) is 0 Å². The van der Waals surface area contributed by atoms with Crippen molar-refractivity contribution in [3.63, 3.8) is 0 Å². The standard InChI is InChI=1S/C13H17ClN2O2S/c14-11-5-1-2-6-13(11)19(17,18)16-7-3-4-10-8-15-9-12(10)16/h1-2,5-6,10,12,15H,3-4,7-9H2. The molecule has 2 aliphatic heterocycles. The van der Waals surface area contributed by atoms with Crippen LogP contribution >= 0.6 is 11.6 Å². The SMILES string of the molecule is O=S(=O)(c1ccccc1Cl)N1CCCC2CNCC21. The molecule has 1 aromatic rings. The van der Waals surface area contributed by atoms with E-state index in [0.29, 0.717) is 17.5 Å². The fourth-order valence-corrected chi connectivity index (χ4v) is 5.32. The number of nitrogens with one attached hydrogen (secondary N) is 1. The van der Waals surface area contributed by atoms with Crippen LogP contribution in [-0.4, -0.2) is 38.4 Å². The first kappa shape index (κ1) is 13.4. The Morgan fingerprint density at radius 1 is 1.26 bits per heavy atom. The highest BCUT2D eigenvalue weighted by molar-refractivity contribution is 7.89. The van der Waals surface area contributed by atoms with Crippen LogP contribution in [0.2, 0.25) is 5.02 Å². The molecule has 104 valence electrons. The van der Waals surface area contributed by atoms with Crippen molar-refractivity contribution in [3.8, 4) is 0 Å². The highest BCUT2D eigenvalue weighted by Gasteiger charge is 2.41. The van der Waals surface area contributed by atoms with Gasteiger partial charge in [0.1, 0.15) is 4.90 Å². The minimum Gasteiger partial charge on any atom is -0.315 e. The van der Waals surface area contributed by atoms with Crippen molar-refractivity contribution < 1.29 is 8.42 Å². The Bertz CT molecular complexity index is 576. The van der Waals surface area contributed by atoms with Crippen molar-refractivity contribution in [2.24, 2.45) is 5.92 Å². The molecule has 2 unspecified atom stereocenters. The number of rotatable bonds is 2. The lowest BCUT2D eigenvalue weighted by atomic mass is 9.94. The third-order valence-electron chi connectivity index (χ3n) is 4.05. The Labute approximate surface area is 118 Å². The predicted molar refractivity (Wildman–Crippen MR) is 74.7 cm³/mol. The summed E-state index contributed by atoms with van der Waals surface area (Å²) in [6.07, 6.45) is 2.03. The third kappa shape index (κ3) is 2.29. The smallest absolute Gasteiger partial charge is 0.244 e. The van der Waals surface area contributed by atoms with Crippen LogP contribution in [0.5, 0.6) is 0 Å². The van der Waals surface area contributed by atoms with Crippen molar-refractivity contribution >= 4 is 21.6 Å². The summed E-state index contributed by atoms with van der Waals surface area (Å²) in [5, 5.41) is 3.59. The first-order chi connectivity index (χ1) is 9.10. The molecular weight excluding hydrogens is 284 g/mol. The van der Waals surface area contributed by atoms with E-state index in [4.69, 9.17) is 11.6 Å². The summed E-state index contributed by atoms with van der Waals surface area (Å²) in [6.45, 7) is 2.25. The van der Waals surface area contributed by atoms with E-state index < -0.39 is 10.0 Å². The minimum atomic E-state index is -3.49. The van der Waals surface area contributed by atoms with Crippen molar-refractivity contribution in [2.45, 2.75) is 23.8 Å². The molecule has 0 amide bonds. The molecule has 0 saturated carbocycles. The van der Waals surface area contributed by atoms with Crippen LogP contribution in [0, 0.1) is 5.92 Å². The molecule has 0 aliphatic carbocycles. The number of benzene rings is 1. The summed E-state index contributed by atoms with van der Waals surface area (Å²) in [5.74, 6) is 0.436. The van der Waals surface area contributed by atoms with Gasteiger partial charge in [-0.1, -0.05) is 23.7 Å². The van der Waals surface area contributed by atoms with Gasteiger partial charge in [0.25, 0.3) is 0 Å². The van der Waals surface area contributed by atoms with E-state index in [-0.39, 0.29) is 10.9 Å². The zero-order chi connectivity index (χ0) is 13.5. The van der Waals surface area contributed by atoms with Gasteiger partial charge < -0.3 is 5.32 Å². The van der Waals surface area contributed by atoms with Gasteiger partial charge >= 0.3 is 0 Å². The highest BCUT2D eigenvalue weighted by atomic mass is 35.5. The first-order valence-corrected chi connectivity index (χ1v) is 8.39. The Balaban J connectivity index is 1.98. The second-order valence-electron chi connectivity index (χ2n) is 5.17.